The lowest BCUT2D eigenvalue weighted by atomic mass is 10.00. The molecule has 6 heteroatoms. The molecule has 0 saturated heterocycles. The molecule has 0 aliphatic carbocycles. The van der Waals surface area contributed by atoms with Gasteiger partial charge in [-0.05, 0) is 17.7 Å². The fourth-order valence-corrected chi connectivity index (χ4v) is 3.00. The molecule has 0 aliphatic heterocycles. The summed E-state index contributed by atoms with van der Waals surface area (Å²) < 4.78 is 6.59. The summed E-state index contributed by atoms with van der Waals surface area (Å²) in [5.41, 5.74) is 1.72. The van der Waals surface area contributed by atoms with E-state index in [1.807, 2.05) is 60.7 Å². The van der Waals surface area contributed by atoms with Crippen molar-refractivity contribution in [3.05, 3.63) is 84.4 Å². The summed E-state index contributed by atoms with van der Waals surface area (Å²) in [5, 5.41) is 0. The van der Waals surface area contributed by atoms with Gasteiger partial charge in [-0.2, -0.15) is 0 Å². The number of ketones is 1. The Hall–Kier alpha value is -3.41. The molecule has 0 bridgehead atoms. The van der Waals surface area contributed by atoms with Gasteiger partial charge in [0.05, 0.1) is 13.2 Å². The minimum Gasteiger partial charge on any atom is -0.453 e. The number of amides is 1. The number of carbonyl (C=O) groups is 2. The highest BCUT2D eigenvalue weighted by molar-refractivity contribution is 5.94. The van der Waals surface area contributed by atoms with Gasteiger partial charge in [-0.15, -0.1) is 0 Å². The predicted octanol–water partition coefficient (Wildman–Crippen LogP) is 3.88. The van der Waals surface area contributed by atoms with E-state index in [-0.39, 0.29) is 12.2 Å². The number of rotatable bonds is 6. The van der Waals surface area contributed by atoms with E-state index in [1.54, 1.807) is 24.0 Å². The molecule has 0 fully saturated rings. The first kappa shape index (κ1) is 18.4. The molecule has 1 unspecified atom stereocenters. The van der Waals surface area contributed by atoms with Gasteiger partial charge in [0.1, 0.15) is 0 Å². The number of hydrogen-bond donors (Lipinski definition) is 0. The van der Waals surface area contributed by atoms with E-state index in [2.05, 4.69) is 4.98 Å². The molecule has 1 atom stereocenters. The Morgan fingerprint density at radius 1 is 1.07 bits per heavy atom. The van der Waals surface area contributed by atoms with Gasteiger partial charge in [-0.3, -0.25) is 9.36 Å². The normalized spacial score (nSPS) is 11.6. The van der Waals surface area contributed by atoms with Crippen LogP contribution in [0.1, 0.15) is 28.6 Å². The SMILES string of the molecule is COC(=O)N(C)C(CC(=O)c1nccn1-c1ccccc1)c1ccccc1. The smallest absolute Gasteiger partial charge is 0.409 e. The third-order valence-electron chi connectivity index (χ3n) is 4.42. The van der Waals surface area contributed by atoms with Crippen LogP contribution < -0.4 is 0 Å². The number of Topliss-reactive ketones (excluding diaryl/α,β-unsaturated/α-hetero) is 1. The number of imidazole rings is 1. The molecule has 1 heterocycles. The number of benzene rings is 2. The molecule has 0 saturated carbocycles. The molecule has 1 aromatic heterocycles. The molecule has 138 valence electrons. The van der Waals surface area contributed by atoms with Gasteiger partial charge >= 0.3 is 6.09 Å². The van der Waals surface area contributed by atoms with Gasteiger partial charge in [0.15, 0.2) is 5.82 Å². The summed E-state index contributed by atoms with van der Waals surface area (Å²) in [6.07, 6.45) is 2.95. The lowest BCUT2D eigenvalue weighted by Gasteiger charge is -2.27. The second-order valence-electron chi connectivity index (χ2n) is 6.09. The van der Waals surface area contributed by atoms with Crippen LogP contribution in [0.2, 0.25) is 0 Å². The van der Waals surface area contributed by atoms with E-state index in [0.29, 0.717) is 5.82 Å². The van der Waals surface area contributed by atoms with Gasteiger partial charge < -0.3 is 9.64 Å². The van der Waals surface area contributed by atoms with Crippen LogP contribution >= 0.6 is 0 Å². The molecular weight excluding hydrogens is 342 g/mol. The summed E-state index contributed by atoms with van der Waals surface area (Å²) in [7, 11) is 2.95. The molecule has 1 amide bonds. The van der Waals surface area contributed by atoms with E-state index >= 15 is 0 Å². The molecule has 27 heavy (non-hydrogen) atoms. The lowest BCUT2D eigenvalue weighted by molar-refractivity contribution is 0.0890. The molecule has 3 aromatic rings. The molecule has 6 nitrogen and oxygen atoms in total. The maximum atomic E-state index is 13.0. The van der Waals surface area contributed by atoms with E-state index in [1.165, 1.54) is 12.0 Å². The summed E-state index contributed by atoms with van der Waals surface area (Å²) in [6, 6.07) is 18.5. The van der Waals surface area contributed by atoms with Crippen LogP contribution in [-0.2, 0) is 4.74 Å². The molecule has 0 aliphatic rings. The quantitative estimate of drug-likeness (QED) is 0.624. The first-order valence-corrected chi connectivity index (χ1v) is 8.59. The summed E-state index contributed by atoms with van der Waals surface area (Å²) in [6.45, 7) is 0. The fourth-order valence-electron chi connectivity index (χ4n) is 3.00. The Balaban J connectivity index is 1.90. The van der Waals surface area contributed by atoms with E-state index in [0.717, 1.165) is 11.3 Å². The van der Waals surface area contributed by atoms with Crippen molar-refractivity contribution < 1.29 is 14.3 Å². The number of ether oxygens (including phenoxy) is 1. The van der Waals surface area contributed by atoms with Crippen molar-refractivity contribution in [1.82, 2.24) is 14.5 Å². The van der Waals surface area contributed by atoms with Crippen molar-refractivity contribution in [2.75, 3.05) is 14.2 Å². The Morgan fingerprint density at radius 2 is 1.70 bits per heavy atom. The third kappa shape index (κ3) is 4.06. The largest absolute Gasteiger partial charge is 0.453 e. The number of hydrogen-bond acceptors (Lipinski definition) is 4. The van der Waals surface area contributed by atoms with E-state index < -0.39 is 12.1 Å². The molecule has 0 N–H and O–H groups in total. The Morgan fingerprint density at radius 3 is 2.33 bits per heavy atom. The maximum Gasteiger partial charge on any atom is 0.409 e. The van der Waals surface area contributed by atoms with Gasteiger partial charge in [0, 0.05) is 31.5 Å². The number of aromatic nitrogens is 2. The highest BCUT2D eigenvalue weighted by Crippen LogP contribution is 2.26. The van der Waals surface area contributed by atoms with Crippen LogP contribution in [-0.4, -0.2) is 40.5 Å². The molecular formula is C21H21N3O3. The van der Waals surface area contributed by atoms with Crippen molar-refractivity contribution in [1.29, 1.82) is 0 Å². The van der Waals surface area contributed by atoms with Crippen LogP contribution in [0.15, 0.2) is 73.1 Å². The zero-order chi connectivity index (χ0) is 19.2. The summed E-state index contributed by atoms with van der Waals surface area (Å²) in [4.78, 5) is 30.8. The van der Waals surface area contributed by atoms with Crippen LogP contribution in [0.25, 0.3) is 5.69 Å². The monoisotopic (exact) mass is 363 g/mol. The average Bonchev–Trinajstić information content (AvgIpc) is 3.22. The lowest BCUT2D eigenvalue weighted by Crippen LogP contribution is -2.33. The van der Waals surface area contributed by atoms with Gasteiger partial charge in [0.25, 0.3) is 0 Å². The Kier molecular flexibility index (Phi) is 5.66. The van der Waals surface area contributed by atoms with Crippen molar-refractivity contribution in [2.24, 2.45) is 0 Å². The molecule has 0 radical (unpaired) electrons. The Bertz CT molecular complexity index is 907. The molecule has 2 aromatic carbocycles. The van der Waals surface area contributed by atoms with Gasteiger partial charge in [0.2, 0.25) is 5.78 Å². The zero-order valence-electron chi connectivity index (χ0n) is 15.3. The predicted molar refractivity (Wildman–Crippen MR) is 102 cm³/mol. The highest BCUT2D eigenvalue weighted by atomic mass is 16.5. The minimum absolute atomic E-state index is 0.0967. The van der Waals surface area contributed by atoms with Crippen LogP contribution in [0, 0.1) is 0 Å². The number of methoxy groups -OCH3 is 1. The Labute approximate surface area is 158 Å². The van der Waals surface area contributed by atoms with Crippen molar-refractivity contribution in [2.45, 2.75) is 12.5 Å². The second kappa shape index (κ2) is 8.31. The van der Waals surface area contributed by atoms with Crippen molar-refractivity contribution in [3.8, 4) is 5.69 Å². The van der Waals surface area contributed by atoms with Crippen LogP contribution in [0.4, 0.5) is 4.79 Å². The van der Waals surface area contributed by atoms with Crippen LogP contribution in [0.3, 0.4) is 0 Å². The van der Waals surface area contributed by atoms with E-state index in [4.69, 9.17) is 4.74 Å². The third-order valence-corrected chi connectivity index (χ3v) is 4.42. The number of nitrogens with zero attached hydrogens (tertiary/aromatic N) is 3. The molecule has 0 spiro atoms. The number of para-hydroxylation sites is 1. The first-order valence-electron chi connectivity index (χ1n) is 8.59. The minimum atomic E-state index is -0.497. The second-order valence-corrected chi connectivity index (χ2v) is 6.09. The molecule has 3 rings (SSSR count). The topological polar surface area (TPSA) is 64.4 Å². The van der Waals surface area contributed by atoms with Crippen molar-refractivity contribution in [3.63, 3.8) is 0 Å². The summed E-state index contributed by atoms with van der Waals surface area (Å²) >= 11 is 0. The van der Waals surface area contributed by atoms with Crippen LogP contribution in [0.5, 0.6) is 0 Å². The van der Waals surface area contributed by atoms with Crippen molar-refractivity contribution >= 4 is 11.9 Å². The summed E-state index contributed by atoms with van der Waals surface area (Å²) in [5.74, 6) is 0.175. The maximum absolute atomic E-state index is 13.0. The van der Waals surface area contributed by atoms with E-state index in [9.17, 15) is 9.59 Å². The number of carbonyl (C=O) groups excluding carboxylic acids is 2. The van der Waals surface area contributed by atoms with Gasteiger partial charge in [-0.25, -0.2) is 9.78 Å². The fraction of sp³-hybridized carbons (Fsp3) is 0.190. The van der Waals surface area contributed by atoms with Gasteiger partial charge in [-0.1, -0.05) is 48.5 Å². The zero-order valence-corrected chi connectivity index (χ0v) is 15.3. The average molecular weight is 363 g/mol. The standard InChI is InChI=1S/C21H21N3O3/c1-23(21(26)27-2)18(16-9-5-3-6-10-16)15-19(25)20-22-13-14-24(20)17-11-7-4-8-12-17/h3-14,18H,15H2,1-2H3. The highest BCUT2D eigenvalue weighted by Gasteiger charge is 2.27. The first-order chi connectivity index (χ1) is 13.1.